The molecule has 0 spiro atoms. The molecule has 1 unspecified atom stereocenters. The maximum Gasteiger partial charge on any atom is 0.137 e. The van der Waals surface area contributed by atoms with Crippen LogP contribution in [0.2, 0.25) is 0 Å². The molecular weight excluding hydrogens is 485 g/mol. The maximum absolute atomic E-state index is 14.5. The lowest BCUT2D eigenvalue weighted by Crippen LogP contribution is -2.43. The second kappa shape index (κ2) is 11.5. The van der Waals surface area contributed by atoms with Crippen molar-refractivity contribution in [3.63, 3.8) is 0 Å². The number of nitrogens with zero attached hydrogens (tertiary/aromatic N) is 1. The number of rotatable bonds is 7. The number of anilines is 1. The summed E-state index contributed by atoms with van der Waals surface area (Å²) in [4.78, 5) is 2.24. The average molecular weight is 524 g/mol. The standard InChI is InChI=1S/C35H38FNO2/c36-35(25-38)19-21-37(22-20-35)30-14-11-28(12-15-30)34-32(27-9-5-2-6-10-27)17-13-29-23-31(16-18-33(29)34)39-24-26-7-3-1-4-8-26/h1-12,14-15,18,23,31-32,34,38H,13,16-17,19-22,24-25H2/t31?,32-,34+/m1/s1. The second-order valence-corrected chi connectivity index (χ2v) is 11.3. The number of fused-ring (bicyclic) bond motifs is 1. The van der Waals surface area contributed by atoms with Gasteiger partial charge >= 0.3 is 0 Å². The van der Waals surface area contributed by atoms with Gasteiger partial charge in [0.05, 0.1) is 19.3 Å². The zero-order valence-electron chi connectivity index (χ0n) is 22.5. The highest BCUT2D eigenvalue weighted by atomic mass is 19.1. The van der Waals surface area contributed by atoms with Crippen molar-refractivity contribution in [1.29, 1.82) is 0 Å². The highest BCUT2D eigenvalue weighted by Crippen LogP contribution is 2.51. The summed E-state index contributed by atoms with van der Waals surface area (Å²) in [6.45, 7) is 1.52. The van der Waals surface area contributed by atoms with Crippen LogP contribution in [0.25, 0.3) is 0 Å². The van der Waals surface area contributed by atoms with Crippen molar-refractivity contribution >= 4 is 5.69 Å². The van der Waals surface area contributed by atoms with Gasteiger partial charge in [-0.2, -0.15) is 0 Å². The normalized spacial score (nSPS) is 24.5. The molecule has 0 bridgehead atoms. The number of aliphatic hydroxyl groups excluding tert-OH is 1. The molecule has 4 heteroatoms. The van der Waals surface area contributed by atoms with Gasteiger partial charge in [0.1, 0.15) is 5.67 Å². The number of allylic oxidation sites excluding steroid dienone is 2. The van der Waals surface area contributed by atoms with Crippen LogP contribution >= 0.6 is 0 Å². The monoisotopic (exact) mass is 523 g/mol. The molecular formula is C35H38FNO2. The first-order chi connectivity index (χ1) is 19.1. The summed E-state index contributed by atoms with van der Waals surface area (Å²) in [6, 6.07) is 30.3. The Kier molecular flexibility index (Phi) is 7.67. The van der Waals surface area contributed by atoms with Crippen LogP contribution in [0.4, 0.5) is 10.1 Å². The van der Waals surface area contributed by atoms with Crippen LogP contribution in [0.1, 0.15) is 60.6 Å². The summed E-state index contributed by atoms with van der Waals surface area (Å²) in [5.41, 5.74) is 6.52. The van der Waals surface area contributed by atoms with Gasteiger partial charge in [0.2, 0.25) is 0 Å². The van der Waals surface area contributed by atoms with Crippen molar-refractivity contribution in [2.75, 3.05) is 24.6 Å². The van der Waals surface area contributed by atoms with Crippen LogP contribution in [-0.4, -0.2) is 36.6 Å². The Labute approximate surface area is 231 Å². The predicted octanol–water partition coefficient (Wildman–Crippen LogP) is 7.49. The summed E-state index contributed by atoms with van der Waals surface area (Å²) in [6.07, 6.45) is 8.73. The smallest absolute Gasteiger partial charge is 0.137 e. The number of hydrogen-bond acceptors (Lipinski definition) is 3. The molecule has 3 aromatic carbocycles. The number of ether oxygens (including phenoxy) is 1. The molecule has 6 rings (SSSR count). The van der Waals surface area contributed by atoms with Crippen molar-refractivity contribution < 1.29 is 14.2 Å². The van der Waals surface area contributed by atoms with Crippen LogP contribution in [0.15, 0.2) is 108 Å². The third-order valence-corrected chi connectivity index (χ3v) is 8.88. The molecule has 1 aliphatic heterocycles. The largest absolute Gasteiger partial charge is 0.393 e. The minimum absolute atomic E-state index is 0.112. The molecule has 202 valence electrons. The Morgan fingerprint density at radius 1 is 0.872 bits per heavy atom. The molecule has 3 nitrogen and oxygen atoms in total. The lowest BCUT2D eigenvalue weighted by Gasteiger charge is -2.39. The highest BCUT2D eigenvalue weighted by Gasteiger charge is 2.36. The van der Waals surface area contributed by atoms with Gasteiger partial charge in [0, 0.05) is 37.5 Å². The van der Waals surface area contributed by atoms with Gasteiger partial charge in [-0.3, -0.25) is 0 Å². The topological polar surface area (TPSA) is 32.7 Å². The van der Waals surface area contributed by atoms with Crippen molar-refractivity contribution in [1.82, 2.24) is 0 Å². The van der Waals surface area contributed by atoms with E-state index in [1.807, 2.05) is 6.07 Å². The van der Waals surface area contributed by atoms with Crippen molar-refractivity contribution in [3.8, 4) is 0 Å². The molecule has 1 saturated carbocycles. The number of hydrogen-bond donors (Lipinski definition) is 1. The zero-order valence-corrected chi connectivity index (χ0v) is 22.5. The molecule has 0 aromatic heterocycles. The number of piperidine rings is 1. The van der Waals surface area contributed by atoms with Gasteiger partial charge in [-0.05, 0) is 65.1 Å². The average Bonchev–Trinajstić information content (AvgIpc) is 3.01. The third kappa shape index (κ3) is 5.73. The fourth-order valence-electron chi connectivity index (χ4n) is 6.59. The number of aliphatic hydroxyl groups is 1. The Morgan fingerprint density at radius 3 is 2.26 bits per heavy atom. The Hall–Kier alpha value is -3.21. The van der Waals surface area contributed by atoms with Gasteiger partial charge < -0.3 is 14.7 Å². The predicted molar refractivity (Wildman–Crippen MR) is 156 cm³/mol. The highest BCUT2D eigenvalue weighted by molar-refractivity contribution is 5.54. The lowest BCUT2D eigenvalue weighted by molar-refractivity contribution is 0.0481. The Bertz CT molecular complexity index is 1290. The third-order valence-electron chi connectivity index (χ3n) is 8.88. The van der Waals surface area contributed by atoms with E-state index < -0.39 is 5.67 Å². The minimum atomic E-state index is -1.43. The van der Waals surface area contributed by atoms with Crippen LogP contribution in [0.3, 0.4) is 0 Å². The molecule has 1 heterocycles. The van der Waals surface area contributed by atoms with Crippen LogP contribution in [0.5, 0.6) is 0 Å². The van der Waals surface area contributed by atoms with E-state index >= 15 is 0 Å². The Balaban J connectivity index is 1.23. The first kappa shape index (κ1) is 26.0. The van der Waals surface area contributed by atoms with Crippen LogP contribution in [0, 0.1) is 0 Å². The van der Waals surface area contributed by atoms with Crippen molar-refractivity contribution in [2.45, 2.75) is 62.3 Å². The van der Waals surface area contributed by atoms with Crippen molar-refractivity contribution in [2.24, 2.45) is 0 Å². The van der Waals surface area contributed by atoms with E-state index in [1.165, 1.54) is 27.8 Å². The van der Waals surface area contributed by atoms with Crippen molar-refractivity contribution in [3.05, 3.63) is 125 Å². The van der Waals surface area contributed by atoms with Gasteiger partial charge in [-0.25, -0.2) is 4.39 Å². The molecule has 2 aliphatic carbocycles. The molecule has 1 saturated heterocycles. The van der Waals surface area contributed by atoms with Gasteiger partial charge in [0.25, 0.3) is 0 Å². The van der Waals surface area contributed by atoms with E-state index in [9.17, 15) is 9.50 Å². The number of benzene rings is 3. The first-order valence-corrected chi connectivity index (χ1v) is 14.4. The molecule has 0 radical (unpaired) electrons. The minimum Gasteiger partial charge on any atom is -0.393 e. The summed E-state index contributed by atoms with van der Waals surface area (Å²) in [5.74, 6) is 0.722. The van der Waals surface area contributed by atoms with Crippen LogP contribution in [-0.2, 0) is 11.3 Å². The van der Waals surface area contributed by atoms with E-state index in [0.29, 0.717) is 44.4 Å². The molecule has 39 heavy (non-hydrogen) atoms. The van der Waals surface area contributed by atoms with Gasteiger partial charge in [0.15, 0.2) is 0 Å². The molecule has 3 aromatic rings. The fraction of sp³-hybridized carbons (Fsp3) is 0.371. The summed E-state index contributed by atoms with van der Waals surface area (Å²) in [7, 11) is 0. The second-order valence-electron chi connectivity index (χ2n) is 11.3. The zero-order chi connectivity index (χ0) is 26.7. The summed E-state index contributed by atoms with van der Waals surface area (Å²) < 4.78 is 20.8. The van der Waals surface area contributed by atoms with E-state index in [2.05, 4.69) is 95.9 Å². The molecule has 0 amide bonds. The van der Waals surface area contributed by atoms with Gasteiger partial charge in [-0.15, -0.1) is 0 Å². The van der Waals surface area contributed by atoms with Crippen LogP contribution < -0.4 is 4.90 Å². The van der Waals surface area contributed by atoms with E-state index in [-0.39, 0.29) is 12.7 Å². The quantitative estimate of drug-likeness (QED) is 0.348. The van der Waals surface area contributed by atoms with E-state index in [0.717, 1.165) is 24.9 Å². The fourth-order valence-corrected chi connectivity index (χ4v) is 6.59. The van der Waals surface area contributed by atoms with E-state index in [4.69, 9.17) is 4.74 Å². The molecule has 2 fully saturated rings. The number of halogens is 1. The maximum atomic E-state index is 14.5. The van der Waals surface area contributed by atoms with E-state index in [1.54, 1.807) is 0 Å². The lowest BCUT2D eigenvalue weighted by atomic mass is 9.66. The summed E-state index contributed by atoms with van der Waals surface area (Å²) >= 11 is 0. The SMILES string of the molecule is OCC1(F)CCN(c2ccc([C@@H]3C4=CCC(OCc5ccccc5)C=C4CC[C@@H]3c3ccccc3)cc2)CC1. The molecule has 3 aliphatic rings. The summed E-state index contributed by atoms with van der Waals surface area (Å²) in [5, 5.41) is 9.39. The first-order valence-electron chi connectivity index (χ1n) is 14.4. The number of alkyl halides is 1. The molecule has 3 atom stereocenters. The molecule has 1 N–H and O–H groups in total. The Morgan fingerprint density at radius 2 is 1.56 bits per heavy atom. The van der Waals surface area contributed by atoms with Gasteiger partial charge in [-0.1, -0.05) is 84.9 Å².